The number of rotatable bonds is 2. The number of aryl methyl sites for hydroxylation is 2. The van der Waals surface area contributed by atoms with Crippen LogP contribution in [0.25, 0.3) is 0 Å². The molecule has 0 aliphatic carbocycles. The van der Waals surface area contributed by atoms with Crippen molar-refractivity contribution in [1.82, 2.24) is 5.32 Å². The lowest BCUT2D eigenvalue weighted by molar-refractivity contribution is -0.113. The minimum atomic E-state index is -0.315. The van der Waals surface area contributed by atoms with Crippen LogP contribution in [-0.2, 0) is 4.79 Å². The number of nitrogens with one attached hydrogen (secondary N) is 2. The largest absolute Gasteiger partial charge is 0.322 e. The third kappa shape index (κ3) is 3.66. The Morgan fingerprint density at radius 3 is 2.05 bits per heavy atom. The fourth-order valence-corrected chi connectivity index (χ4v) is 2.99. The SMILES string of the molecule is Cc1cccc(C)c1NC(=O)C1=CC(C)(C)NC1(C)C.Cl. The average Bonchev–Trinajstić information content (AvgIpc) is 2.52. The Hall–Kier alpha value is -1.32. The third-order valence-electron chi connectivity index (χ3n) is 3.78. The molecule has 1 aliphatic rings. The molecule has 1 aromatic carbocycles. The number of carbonyl (C=O) groups excluding carboxylic acids is 1. The summed E-state index contributed by atoms with van der Waals surface area (Å²) in [7, 11) is 0. The lowest BCUT2D eigenvalue weighted by Gasteiger charge is -2.27. The summed E-state index contributed by atoms with van der Waals surface area (Å²) in [5, 5.41) is 6.53. The van der Waals surface area contributed by atoms with E-state index in [1.54, 1.807) is 0 Å². The summed E-state index contributed by atoms with van der Waals surface area (Å²) in [4.78, 5) is 12.6. The van der Waals surface area contributed by atoms with Crippen LogP contribution >= 0.6 is 12.4 Å². The summed E-state index contributed by atoms with van der Waals surface area (Å²) in [6.07, 6.45) is 2.02. The molecule has 1 aromatic rings. The molecule has 0 saturated carbocycles. The summed E-state index contributed by atoms with van der Waals surface area (Å²) in [6.45, 7) is 12.3. The number of halogens is 1. The zero-order chi connectivity index (χ0) is 15.1. The second-order valence-electron chi connectivity index (χ2n) is 6.75. The minimum absolute atomic E-state index is 0. The molecule has 2 rings (SSSR count). The van der Waals surface area contributed by atoms with E-state index in [1.165, 1.54) is 0 Å². The van der Waals surface area contributed by atoms with Crippen LogP contribution in [0.15, 0.2) is 29.8 Å². The average molecular weight is 309 g/mol. The van der Waals surface area contributed by atoms with Crippen molar-refractivity contribution in [3.8, 4) is 0 Å². The highest BCUT2D eigenvalue weighted by atomic mass is 35.5. The van der Waals surface area contributed by atoms with E-state index in [2.05, 4.69) is 24.5 Å². The zero-order valence-corrected chi connectivity index (χ0v) is 14.4. The van der Waals surface area contributed by atoms with Gasteiger partial charge in [-0.1, -0.05) is 24.3 Å². The van der Waals surface area contributed by atoms with E-state index in [-0.39, 0.29) is 29.4 Å². The molecule has 0 bridgehead atoms. The normalized spacial score (nSPS) is 18.7. The number of hydrogen-bond donors (Lipinski definition) is 2. The molecule has 1 heterocycles. The van der Waals surface area contributed by atoms with E-state index in [0.717, 1.165) is 22.4 Å². The van der Waals surface area contributed by atoms with Crippen LogP contribution in [0.2, 0.25) is 0 Å². The minimum Gasteiger partial charge on any atom is -0.322 e. The second-order valence-corrected chi connectivity index (χ2v) is 6.75. The maximum Gasteiger partial charge on any atom is 0.253 e. The van der Waals surface area contributed by atoms with Gasteiger partial charge < -0.3 is 5.32 Å². The second kappa shape index (κ2) is 5.82. The summed E-state index contributed by atoms with van der Waals surface area (Å²) in [5.74, 6) is -0.0227. The molecular formula is C17H25ClN2O. The molecule has 3 nitrogen and oxygen atoms in total. The highest BCUT2D eigenvalue weighted by Gasteiger charge is 2.40. The molecular weight excluding hydrogens is 284 g/mol. The lowest BCUT2D eigenvalue weighted by atomic mass is 9.95. The number of benzene rings is 1. The highest BCUT2D eigenvalue weighted by Crippen LogP contribution is 2.31. The highest BCUT2D eigenvalue weighted by molar-refractivity contribution is 6.06. The summed E-state index contributed by atoms with van der Waals surface area (Å²) in [5.41, 5.74) is 3.41. The Bertz CT molecular complexity index is 568. The van der Waals surface area contributed by atoms with Crippen molar-refractivity contribution in [2.45, 2.75) is 52.6 Å². The monoisotopic (exact) mass is 308 g/mol. The van der Waals surface area contributed by atoms with Gasteiger partial charge in [-0.3, -0.25) is 10.1 Å². The van der Waals surface area contributed by atoms with Gasteiger partial charge in [0.15, 0.2) is 0 Å². The smallest absolute Gasteiger partial charge is 0.253 e. The molecule has 4 heteroatoms. The van der Waals surface area contributed by atoms with Crippen LogP contribution in [0.3, 0.4) is 0 Å². The van der Waals surface area contributed by atoms with Gasteiger partial charge in [-0.2, -0.15) is 0 Å². The zero-order valence-electron chi connectivity index (χ0n) is 13.6. The van der Waals surface area contributed by atoms with Gasteiger partial charge in [0.25, 0.3) is 5.91 Å². The topological polar surface area (TPSA) is 41.1 Å². The van der Waals surface area contributed by atoms with E-state index in [1.807, 2.05) is 52.0 Å². The first kappa shape index (κ1) is 17.7. The summed E-state index contributed by atoms with van der Waals surface area (Å²) >= 11 is 0. The van der Waals surface area contributed by atoms with Crippen molar-refractivity contribution in [1.29, 1.82) is 0 Å². The van der Waals surface area contributed by atoms with Crippen molar-refractivity contribution in [3.05, 3.63) is 41.0 Å². The van der Waals surface area contributed by atoms with E-state index in [9.17, 15) is 4.79 Å². The molecule has 0 saturated heterocycles. The van der Waals surface area contributed by atoms with Gasteiger partial charge in [0.2, 0.25) is 0 Å². The molecule has 0 atom stereocenters. The van der Waals surface area contributed by atoms with Gasteiger partial charge in [-0.05, 0) is 52.7 Å². The fraction of sp³-hybridized carbons (Fsp3) is 0.471. The van der Waals surface area contributed by atoms with Gasteiger partial charge >= 0.3 is 0 Å². The number of para-hydroxylation sites is 1. The van der Waals surface area contributed by atoms with Gasteiger partial charge in [-0.25, -0.2) is 0 Å². The van der Waals surface area contributed by atoms with Crippen molar-refractivity contribution >= 4 is 24.0 Å². The third-order valence-corrected chi connectivity index (χ3v) is 3.78. The molecule has 0 fully saturated rings. The van der Waals surface area contributed by atoms with Gasteiger partial charge in [-0.15, -0.1) is 12.4 Å². The molecule has 1 amide bonds. The Morgan fingerprint density at radius 2 is 1.62 bits per heavy atom. The Kier molecular flexibility index (Phi) is 4.91. The van der Waals surface area contributed by atoms with Crippen molar-refractivity contribution in [2.75, 3.05) is 5.32 Å². The number of hydrogen-bond acceptors (Lipinski definition) is 2. The molecule has 2 N–H and O–H groups in total. The van der Waals surface area contributed by atoms with E-state index < -0.39 is 0 Å². The van der Waals surface area contributed by atoms with Crippen molar-refractivity contribution < 1.29 is 4.79 Å². The number of anilines is 1. The number of amides is 1. The Labute approximate surface area is 133 Å². The van der Waals surface area contributed by atoms with Crippen LogP contribution in [-0.4, -0.2) is 17.0 Å². The quantitative estimate of drug-likeness (QED) is 0.873. The van der Waals surface area contributed by atoms with Crippen molar-refractivity contribution in [2.24, 2.45) is 0 Å². The number of carbonyl (C=O) groups is 1. The summed E-state index contributed by atoms with van der Waals surface area (Å²) in [6, 6.07) is 6.03. The van der Waals surface area contributed by atoms with Gasteiger partial charge in [0, 0.05) is 22.3 Å². The summed E-state index contributed by atoms with van der Waals surface area (Å²) < 4.78 is 0. The molecule has 1 aliphatic heterocycles. The standard InChI is InChI=1S/C17H24N2O.ClH/c1-11-8-7-9-12(2)14(11)18-15(20)13-10-16(3,4)19-17(13,5)6;/h7-10,19H,1-6H3,(H,18,20);1H. The van der Waals surface area contributed by atoms with Gasteiger partial charge in [0.1, 0.15) is 0 Å². The maximum atomic E-state index is 12.6. The van der Waals surface area contributed by atoms with Crippen LogP contribution in [0, 0.1) is 13.8 Å². The van der Waals surface area contributed by atoms with Crippen LogP contribution < -0.4 is 10.6 Å². The van der Waals surface area contributed by atoms with Crippen LogP contribution in [0.5, 0.6) is 0 Å². The predicted molar refractivity (Wildman–Crippen MR) is 91.2 cm³/mol. The van der Waals surface area contributed by atoms with Gasteiger partial charge in [0.05, 0.1) is 0 Å². The van der Waals surface area contributed by atoms with E-state index in [4.69, 9.17) is 0 Å². The first-order chi connectivity index (χ1) is 9.12. The van der Waals surface area contributed by atoms with E-state index >= 15 is 0 Å². The molecule has 0 unspecified atom stereocenters. The van der Waals surface area contributed by atoms with Crippen LogP contribution in [0.1, 0.15) is 38.8 Å². The molecule has 116 valence electrons. The Balaban J connectivity index is 0.00000220. The molecule has 0 spiro atoms. The van der Waals surface area contributed by atoms with E-state index in [0.29, 0.717) is 0 Å². The molecule has 21 heavy (non-hydrogen) atoms. The first-order valence-corrected chi connectivity index (χ1v) is 7.03. The first-order valence-electron chi connectivity index (χ1n) is 7.03. The Morgan fingerprint density at radius 1 is 1.10 bits per heavy atom. The fourth-order valence-electron chi connectivity index (χ4n) is 2.99. The predicted octanol–water partition coefficient (Wildman–Crippen LogP) is 3.75. The maximum absolute atomic E-state index is 12.6. The van der Waals surface area contributed by atoms with Crippen LogP contribution in [0.4, 0.5) is 5.69 Å². The lowest BCUT2D eigenvalue weighted by Crippen LogP contribution is -2.47. The van der Waals surface area contributed by atoms with Crippen molar-refractivity contribution in [3.63, 3.8) is 0 Å². The molecule has 0 radical (unpaired) electrons. The molecule has 0 aromatic heterocycles.